The maximum absolute atomic E-state index is 13.1. The van der Waals surface area contributed by atoms with Crippen LogP contribution in [0.25, 0.3) is 0 Å². The number of nitrogens with zero attached hydrogens (tertiary/aromatic N) is 6. The van der Waals surface area contributed by atoms with E-state index in [1.165, 1.54) is 6.33 Å². The number of sulfonamides is 1. The zero-order chi connectivity index (χ0) is 17.1. The molecule has 0 radical (unpaired) electrons. The topological polar surface area (TPSA) is 85.9 Å². The summed E-state index contributed by atoms with van der Waals surface area (Å²) in [6.07, 6.45) is 5.44. The number of aromatic nitrogens is 5. The van der Waals surface area contributed by atoms with Crippen molar-refractivity contribution in [3.05, 3.63) is 24.2 Å². The molecule has 24 heavy (non-hydrogen) atoms. The minimum atomic E-state index is -3.59. The van der Waals surface area contributed by atoms with Gasteiger partial charge in [-0.3, -0.25) is 0 Å². The number of imidazole rings is 1. The van der Waals surface area contributed by atoms with Crippen LogP contribution in [-0.4, -0.2) is 49.1 Å². The van der Waals surface area contributed by atoms with E-state index in [1.807, 2.05) is 0 Å². The van der Waals surface area contributed by atoms with Crippen molar-refractivity contribution in [1.82, 2.24) is 28.6 Å². The first-order valence-electron chi connectivity index (χ1n) is 8.31. The van der Waals surface area contributed by atoms with Crippen LogP contribution < -0.4 is 0 Å². The molecule has 2 atom stereocenters. The summed E-state index contributed by atoms with van der Waals surface area (Å²) in [5, 5.41) is 8.76. The van der Waals surface area contributed by atoms with Crippen LogP contribution in [0, 0.1) is 0 Å². The smallest absolute Gasteiger partial charge is 0.262 e. The fraction of sp³-hybridized carbons (Fsp3) is 0.667. The Morgan fingerprint density at radius 3 is 2.62 bits per heavy atom. The lowest BCUT2D eigenvalue weighted by Crippen LogP contribution is -2.42. The summed E-state index contributed by atoms with van der Waals surface area (Å²) < 4.78 is 31.7. The molecule has 9 heteroatoms. The van der Waals surface area contributed by atoms with E-state index in [0.29, 0.717) is 13.0 Å². The zero-order valence-electron chi connectivity index (χ0n) is 14.1. The van der Waals surface area contributed by atoms with Crippen molar-refractivity contribution >= 4 is 10.0 Å². The van der Waals surface area contributed by atoms with E-state index in [9.17, 15) is 8.42 Å². The van der Waals surface area contributed by atoms with Gasteiger partial charge in [-0.15, -0.1) is 10.2 Å². The zero-order valence-corrected chi connectivity index (χ0v) is 14.9. The van der Waals surface area contributed by atoms with Crippen molar-refractivity contribution in [1.29, 1.82) is 0 Å². The highest BCUT2D eigenvalue weighted by atomic mass is 32.2. The van der Waals surface area contributed by atoms with Crippen LogP contribution in [0.2, 0.25) is 0 Å². The molecule has 1 saturated heterocycles. The van der Waals surface area contributed by atoms with Gasteiger partial charge >= 0.3 is 0 Å². The Morgan fingerprint density at radius 2 is 1.96 bits per heavy atom. The van der Waals surface area contributed by atoms with Crippen LogP contribution in [-0.2, 0) is 30.0 Å². The van der Waals surface area contributed by atoms with E-state index in [-0.39, 0.29) is 23.0 Å². The van der Waals surface area contributed by atoms with Crippen LogP contribution >= 0.6 is 0 Å². The quantitative estimate of drug-likeness (QED) is 0.821. The first-order valence-corrected chi connectivity index (χ1v) is 9.75. The van der Waals surface area contributed by atoms with Gasteiger partial charge in [0.1, 0.15) is 11.6 Å². The van der Waals surface area contributed by atoms with Crippen molar-refractivity contribution in [3.63, 3.8) is 0 Å². The third-order valence-corrected chi connectivity index (χ3v) is 6.85. The lowest BCUT2D eigenvalue weighted by atomic mass is 10.1. The minimum absolute atomic E-state index is 0.0586. The first-order chi connectivity index (χ1) is 11.4. The van der Waals surface area contributed by atoms with Crippen molar-refractivity contribution in [2.45, 2.75) is 62.7 Å². The molecular weight excluding hydrogens is 328 g/mol. The van der Waals surface area contributed by atoms with Gasteiger partial charge in [-0.25, -0.2) is 13.4 Å². The van der Waals surface area contributed by atoms with Crippen LogP contribution in [0.4, 0.5) is 0 Å². The lowest BCUT2D eigenvalue weighted by molar-refractivity contribution is 0.312. The molecule has 0 saturated carbocycles. The van der Waals surface area contributed by atoms with Gasteiger partial charge in [0.25, 0.3) is 10.0 Å². The highest BCUT2D eigenvalue weighted by Crippen LogP contribution is 2.36. The SMILES string of the molecule is CC(C)c1nnc2n1C[C@H]1CC[C@@H](C2)N1S(=O)(=O)c1cn(C)cn1. The third-order valence-electron chi connectivity index (χ3n) is 4.96. The van der Waals surface area contributed by atoms with Crippen LogP contribution in [0.15, 0.2) is 17.6 Å². The number of hydrogen-bond donors (Lipinski definition) is 0. The highest BCUT2D eigenvalue weighted by Gasteiger charge is 2.46. The van der Waals surface area contributed by atoms with E-state index in [4.69, 9.17) is 0 Å². The number of hydrogen-bond acceptors (Lipinski definition) is 5. The van der Waals surface area contributed by atoms with Gasteiger partial charge in [0.2, 0.25) is 0 Å². The third kappa shape index (κ3) is 2.29. The van der Waals surface area contributed by atoms with Gasteiger partial charge < -0.3 is 9.13 Å². The average molecular weight is 350 g/mol. The fourth-order valence-corrected chi connectivity index (χ4v) is 5.70. The average Bonchev–Trinajstić information content (AvgIpc) is 3.17. The second kappa shape index (κ2) is 5.38. The summed E-state index contributed by atoms with van der Waals surface area (Å²) in [5.74, 6) is 2.10. The second-order valence-electron chi connectivity index (χ2n) is 7.04. The summed E-state index contributed by atoms with van der Waals surface area (Å²) in [5.41, 5.74) is 0. The van der Waals surface area contributed by atoms with Crippen molar-refractivity contribution < 1.29 is 8.42 Å². The predicted octanol–water partition coefficient (Wildman–Crippen LogP) is 0.913. The molecule has 130 valence electrons. The van der Waals surface area contributed by atoms with E-state index in [0.717, 1.165) is 24.5 Å². The normalized spacial score (nSPS) is 24.3. The molecule has 4 heterocycles. The summed E-state index contributed by atoms with van der Waals surface area (Å²) in [6.45, 7) is 4.80. The van der Waals surface area contributed by atoms with Gasteiger partial charge in [0, 0.05) is 44.2 Å². The summed E-state index contributed by atoms with van der Waals surface area (Å²) in [6, 6.07) is -0.121. The van der Waals surface area contributed by atoms with E-state index in [1.54, 1.807) is 22.1 Å². The largest absolute Gasteiger partial charge is 0.339 e. The Kier molecular flexibility index (Phi) is 3.54. The van der Waals surface area contributed by atoms with Crippen LogP contribution in [0.3, 0.4) is 0 Å². The van der Waals surface area contributed by atoms with Crippen molar-refractivity contribution in [2.75, 3.05) is 0 Å². The monoisotopic (exact) mass is 350 g/mol. The standard InChI is InChI=1S/C15H22N6O2S/c1-10(2)15-18-17-13-6-11-4-5-12(7-20(13)15)21(11)24(22,23)14-8-19(3)9-16-14/h8-12H,4-7H2,1-3H3/t11-,12+/m0/s1. The maximum atomic E-state index is 13.1. The molecule has 2 aliphatic rings. The lowest BCUT2D eigenvalue weighted by Gasteiger charge is -2.26. The fourth-order valence-electron chi connectivity index (χ4n) is 3.87. The van der Waals surface area contributed by atoms with Gasteiger partial charge in [-0.1, -0.05) is 13.8 Å². The predicted molar refractivity (Wildman–Crippen MR) is 86.9 cm³/mol. The van der Waals surface area contributed by atoms with Crippen molar-refractivity contribution in [2.24, 2.45) is 7.05 Å². The van der Waals surface area contributed by atoms with Gasteiger partial charge in [-0.2, -0.15) is 4.31 Å². The Morgan fingerprint density at radius 1 is 1.21 bits per heavy atom. The molecule has 8 nitrogen and oxygen atoms in total. The van der Waals surface area contributed by atoms with E-state index in [2.05, 4.69) is 33.6 Å². The van der Waals surface area contributed by atoms with Crippen LogP contribution in [0.5, 0.6) is 0 Å². The molecule has 0 amide bonds. The second-order valence-corrected chi connectivity index (χ2v) is 8.83. The molecule has 0 N–H and O–H groups in total. The maximum Gasteiger partial charge on any atom is 0.262 e. The molecule has 0 spiro atoms. The van der Waals surface area contributed by atoms with Crippen LogP contribution in [0.1, 0.15) is 44.3 Å². The molecule has 4 rings (SSSR count). The number of fused-ring (bicyclic) bond motifs is 3. The Bertz CT molecular complexity index is 868. The highest BCUT2D eigenvalue weighted by molar-refractivity contribution is 7.89. The molecule has 1 fully saturated rings. The molecule has 0 aromatic carbocycles. The van der Waals surface area contributed by atoms with E-state index >= 15 is 0 Å². The Hall–Kier alpha value is -1.74. The number of aryl methyl sites for hydroxylation is 1. The Balaban J connectivity index is 1.73. The van der Waals surface area contributed by atoms with E-state index < -0.39 is 10.0 Å². The van der Waals surface area contributed by atoms with Gasteiger partial charge in [0.05, 0.1) is 6.33 Å². The summed E-state index contributed by atoms with van der Waals surface area (Å²) >= 11 is 0. The molecule has 2 aromatic rings. The minimum Gasteiger partial charge on any atom is -0.339 e. The molecular formula is C15H22N6O2S. The molecule has 0 unspecified atom stereocenters. The molecule has 2 bridgehead atoms. The summed E-state index contributed by atoms with van der Waals surface area (Å²) in [4.78, 5) is 4.07. The molecule has 0 aliphatic carbocycles. The van der Waals surface area contributed by atoms with Gasteiger partial charge in [0.15, 0.2) is 5.03 Å². The Labute approximate surface area is 141 Å². The molecule has 2 aliphatic heterocycles. The number of rotatable bonds is 3. The van der Waals surface area contributed by atoms with Gasteiger partial charge in [-0.05, 0) is 12.8 Å². The summed E-state index contributed by atoms with van der Waals surface area (Å²) in [7, 11) is -1.81. The van der Waals surface area contributed by atoms with Crippen molar-refractivity contribution in [3.8, 4) is 0 Å². The first kappa shape index (κ1) is 15.8. The molecule has 2 aromatic heterocycles.